The Bertz CT molecular complexity index is 904. The molecule has 0 radical (unpaired) electrons. The highest BCUT2D eigenvalue weighted by molar-refractivity contribution is 7.92. The lowest BCUT2D eigenvalue weighted by atomic mass is 10.1. The minimum absolute atomic E-state index is 0.0282. The van der Waals surface area contributed by atoms with E-state index >= 15 is 0 Å². The average Bonchev–Trinajstić information content (AvgIpc) is 2.61. The van der Waals surface area contributed by atoms with Gasteiger partial charge in [-0.25, -0.2) is 12.8 Å². The maximum atomic E-state index is 13.0. The van der Waals surface area contributed by atoms with Gasteiger partial charge in [-0.15, -0.1) is 0 Å². The van der Waals surface area contributed by atoms with Gasteiger partial charge in [0, 0.05) is 24.3 Å². The second-order valence-electron chi connectivity index (χ2n) is 6.60. The summed E-state index contributed by atoms with van der Waals surface area (Å²) in [7, 11) is -3.83. The maximum absolute atomic E-state index is 13.0. The summed E-state index contributed by atoms with van der Waals surface area (Å²) in [5.74, 6) is -0.631. The second kappa shape index (κ2) is 7.66. The van der Waals surface area contributed by atoms with Gasteiger partial charge in [-0.2, -0.15) is 0 Å². The number of rotatable bonds is 4. The molecule has 1 heterocycles. The van der Waals surface area contributed by atoms with Crippen LogP contribution in [0, 0.1) is 5.82 Å². The van der Waals surface area contributed by atoms with E-state index < -0.39 is 15.8 Å². The Morgan fingerprint density at radius 3 is 2.15 bits per heavy atom. The number of hydrogen-bond acceptors (Lipinski definition) is 4. The number of morpholine rings is 1. The third-order valence-corrected chi connectivity index (χ3v) is 5.61. The molecule has 1 amide bonds. The molecule has 1 N–H and O–H groups in total. The van der Waals surface area contributed by atoms with Crippen LogP contribution in [0.15, 0.2) is 53.4 Å². The summed E-state index contributed by atoms with van der Waals surface area (Å²) in [6.07, 6.45) is -0.0565. The smallest absolute Gasteiger partial charge is 0.261 e. The Hall–Kier alpha value is -2.45. The van der Waals surface area contributed by atoms with Crippen LogP contribution < -0.4 is 4.72 Å². The summed E-state index contributed by atoms with van der Waals surface area (Å²) in [4.78, 5) is 14.3. The van der Waals surface area contributed by atoms with Gasteiger partial charge in [0.15, 0.2) is 0 Å². The van der Waals surface area contributed by atoms with E-state index in [-0.39, 0.29) is 23.0 Å². The van der Waals surface area contributed by atoms with E-state index in [1.165, 1.54) is 24.3 Å². The fraction of sp³-hybridized carbons (Fsp3) is 0.316. The Balaban J connectivity index is 1.71. The summed E-state index contributed by atoms with van der Waals surface area (Å²) >= 11 is 0. The number of anilines is 1. The summed E-state index contributed by atoms with van der Waals surface area (Å²) in [5.41, 5.74) is 0.792. The van der Waals surface area contributed by atoms with Crippen LogP contribution in [0.5, 0.6) is 0 Å². The van der Waals surface area contributed by atoms with E-state index in [1.54, 1.807) is 17.0 Å². The SMILES string of the molecule is C[C@@H]1CN(C(=O)c2ccc(NS(=O)(=O)c3ccc(F)cc3)cc2)C[C@H](C)O1. The molecule has 1 saturated heterocycles. The zero-order chi connectivity index (χ0) is 19.6. The highest BCUT2D eigenvalue weighted by Crippen LogP contribution is 2.19. The van der Waals surface area contributed by atoms with Crippen LogP contribution in [0.1, 0.15) is 24.2 Å². The molecule has 0 spiro atoms. The number of ether oxygens (including phenoxy) is 1. The molecule has 0 aliphatic carbocycles. The van der Waals surface area contributed by atoms with Gasteiger partial charge in [0.2, 0.25) is 0 Å². The van der Waals surface area contributed by atoms with Crippen LogP contribution in [0.4, 0.5) is 10.1 Å². The number of carbonyl (C=O) groups is 1. The van der Waals surface area contributed by atoms with Crippen LogP contribution in [0.3, 0.4) is 0 Å². The molecular weight excluding hydrogens is 371 g/mol. The van der Waals surface area contributed by atoms with Crippen LogP contribution in [-0.4, -0.2) is 44.5 Å². The fourth-order valence-electron chi connectivity index (χ4n) is 3.03. The van der Waals surface area contributed by atoms with Crippen molar-refractivity contribution in [3.8, 4) is 0 Å². The fourth-order valence-corrected chi connectivity index (χ4v) is 4.09. The first-order chi connectivity index (χ1) is 12.7. The van der Waals surface area contributed by atoms with Crippen LogP contribution in [-0.2, 0) is 14.8 Å². The van der Waals surface area contributed by atoms with Crippen molar-refractivity contribution in [2.45, 2.75) is 31.0 Å². The summed E-state index contributed by atoms with van der Waals surface area (Å²) in [5, 5.41) is 0. The van der Waals surface area contributed by atoms with Crippen molar-refractivity contribution in [3.05, 3.63) is 59.9 Å². The molecule has 2 aromatic carbocycles. The molecule has 2 aromatic rings. The lowest BCUT2D eigenvalue weighted by molar-refractivity contribution is -0.0586. The Kier molecular flexibility index (Phi) is 5.48. The summed E-state index contributed by atoms with van der Waals surface area (Å²) in [6.45, 7) is 4.87. The molecule has 144 valence electrons. The molecule has 0 bridgehead atoms. The molecular formula is C19H21FN2O4S. The number of hydrogen-bond donors (Lipinski definition) is 1. The number of nitrogens with one attached hydrogen (secondary N) is 1. The average molecular weight is 392 g/mol. The van der Waals surface area contributed by atoms with E-state index in [1.807, 2.05) is 13.8 Å². The van der Waals surface area contributed by atoms with Crippen molar-refractivity contribution in [2.24, 2.45) is 0 Å². The van der Waals surface area contributed by atoms with Crippen molar-refractivity contribution in [1.82, 2.24) is 4.90 Å². The van der Waals surface area contributed by atoms with Crippen LogP contribution in [0.2, 0.25) is 0 Å². The number of benzene rings is 2. The van der Waals surface area contributed by atoms with Crippen molar-refractivity contribution in [2.75, 3.05) is 17.8 Å². The zero-order valence-electron chi connectivity index (χ0n) is 15.1. The van der Waals surface area contributed by atoms with Gasteiger partial charge < -0.3 is 9.64 Å². The Morgan fingerprint density at radius 2 is 1.59 bits per heavy atom. The second-order valence-corrected chi connectivity index (χ2v) is 8.29. The Morgan fingerprint density at radius 1 is 1.04 bits per heavy atom. The number of amides is 1. The lowest BCUT2D eigenvalue weighted by Crippen LogP contribution is -2.48. The van der Waals surface area contributed by atoms with Crippen molar-refractivity contribution in [1.29, 1.82) is 0 Å². The molecule has 27 heavy (non-hydrogen) atoms. The zero-order valence-corrected chi connectivity index (χ0v) is 15.9. The van der Waals surface area contributed by atoms with Crippen LogP contribution in [0.25, 0.3) is 0 Å². The minimum atomic E-state index is -3.83. The van der Waals surface area contributed by atoms with E-state index in [0.29, 0.717) is 24.3 Å². The molecule has 3 rings (SSSR count). The first kappa shape index (κ1) is 19.3. The van der Waals surface area contributed by atoms with Gasteiger partial charge in [-0.3, -0.25) is 9.52 Å². The lowest BCUT2D eigenvalue weighted by Gasteiger charge is -2.35. The first-order valence-electron chi connectivity index (χ1n) is 8.58. The van der Waals surface area contributed by atoms with Crippen molar-refractivity contribution < 1.29 is 22.3 Å². The van der Waals surface area contributed by atoms with Gasteiger partial charge >= 0.3 is 0 Å². The molecule has 1 aliphatic heterocycles. The van der Waals surface area contributed by atoms with Crippen molar-refractivity contribution >= 4 is 21.6 Å². The van der Waals surface area contributed by atoms with Gasteiger partial charge in [0.25, 0.3) is 15.9 Å². The molecule has 1 aliphatic rings. The molecule has 1 fully saturated rings. The quantitative estimate of drug-likeness (QED) is 0.868. The summed E-state index contributed by atoms with van der Waals surface area (Å²) in [6, 6.07) is 10.8. The molecule has 0 aromatic heterocycles. The molecule has 0 saturated carbocycles. The topological polar surface area (TPSA) is 75.7 Å². The van der Waals surface area contributed by atoms with Crippen LogP contribution >= 0.6 is 0 Å². The predicted octanol–water partition coefficient (Wildman–Crippen LogP) is 2.88. The number of carbonyl (C=O) groups excluding carboxylic acids is 1. The summed E-state index contributed by atoms with van der Waals surface area (Å²) < 4.78 is 45.7. The molecule has 2 atom stereocenters. The predicted molar refractivity (Wildman–Crippen MR) is 99.6 cm³/mol. The van der Waals surface area contributed by atoms with E-state index in [2.05, 4.69) is 4.72 Å². The third-order valence-electron chi connectivity index (χ3n) is 4.21. The third kappa shape index (κ3) is 4.64. The highest BCUT2D eigenvalue weighted by atomic mass is 32.2. The largest absolute Gasteiger partial charge is 0.372 e. The number of halogens is 1. The van der Waals surface area contributed by atoms with Crippen molar-refractivity contribution in [3.63, 3.8) is 0 Å². The minimum Gasteiger partial charge on any atom is -0.372 e. The Labute approximate surface area is 158 Å². The number of sulfonamides is 1. The maximum Gasteiger partial charge on any atom is 0.261 e. The van der Waals surface area contributed by atoms with Gasteiger partial charge in [0.1, 0.15) is 5.82 Å². The molecule has 0 unspecified atom stereocenters. The normalized spacial score (nSPS) is 20.3. The standard InChI is InChI=1S/C19H21FN2O4S/c1-13-11-22(12-14(2)26-13)19(23)15-3-7-17(8-4-15)21-27(24,25)18-9-5-16(20)6-10-18/h3-10,13-14,21H,11-12H2,1-2H3/t13-,14+. The van der Waals surface area contributed by atoms with E-state index in [4.69, 9.17) is 4.74 Å². The van der Waals surface area contributed by atoms with E-state index in [9.17, 15) is 17.6 Å². The first-order valence-corrected chi connectivity index (χ1v) is 10.1. The number of nitrogens with zero attached hydrogens (tertiary/aromatic N) is 1. The molecule has 6 nitrogen and oxygen atoms in total. The van der Waals surface area contributed by atoms with Gasteiger partial charge in [-0.05, 0) is 62.4 Å². The monoisotopic (exact) mass is 392 g/mol. The molecule has 8 heteroatoms. The highest BCUT2D eigenvalue weighted by Gasteiger charge is 2.26. The van der Waals surface area contributed by atoms with E-state index in [0.717, 1.165) is 12.1 Å². The van der Waals surface area contributed by atoms with Gasteiger partial charge in [0.05, 0.1) is 17.1 Å². The van der Waals surface area contributed by atoms with Gasteiger partial charge in [-0.1, -0.05) is 0 Å².